The highest BCUT2D eigenvalue weighted by atomic mass is 16.5. The molecule has 1 aromatic rings. The molecule has 0 atom stereocenters. The molecule has 0 amide bonds. The van der Waals surface area contributed by atoms with Crippen LogP contribution in [0.3, 0.4) is 0 Å². The number of nitrogens with two attached hydrogens (primary N) is 1. The Morgan fingerprint density at radius 3 is 2.65 bits per heavy atom. The van der Waals surface area contributed by atoms with Gasteiger partial charge in [0.1, 0.15) is 17.5 Å². The molecule has 0 bridgehead atoms. The van der Waals surface area contributed by atoms with Crippen molar-refractivity contribution in [1.29, 1.82) is 0 Å². The summed E-state index contributed by atoms with van der Waals surface area (Å²) in [7, 11) is 0. The molecule has 20 heavy (non-hydrogen) atoms. The monoisotopic (exact) mass is 278 g/mol. The predicted molar refractivity (Wildman–Crippen MR) is 81.8 cm³/mol. The summed E-state index contributed by atoms with van der Waals surface area (Å²) in [5.74, 6) is 2.93. The van der Waals surface area contributed by atoms with Crippen molar-refractivity contribution in [1.82, 2.24) is 9.97 Å². The maximum atomic E-state index is 5.91. The van der Waals surface area contributed by atoms with E-state index in [1.54, 1.807) is 0 Å². The van der Waals surface area contributed by atoms with Crippen molar-refractivity contribution in [2.75, 3.05) is 30.3 Å². The minimum atomic E-state index is 0.387. The number of rotatable bonds is 5. The number of anilines is 2. The van der Waals surface area contributed by atoms with Crippen LogP contribution >= 0.6 is 0 Å². The van der Waals surface area contributed by atoms with Gasteiger partial charge in [0.25, 0.3) is 0 Å². The number of nitrogen functional groups attached to an aromatic ring is 1. The Kier molecular flexibility index (Phi) is 5.17. The van der Waals surface area contributed by atoms with E-state index in [4.69, 9.17) is 10.5 Å². The zero-order valence-corrected chi connectivity index (χ0v) is 12.8. The largest absolute Gasteiger partial charge is 0.384 e. The van der Waals surface area contributed by atoms with Gasteiger partial charge in [-0.1, -0.05) is 20.8 Å². The second-order valence-electron chi connectivity index (χ2n) is 5.83. The van der Waals surface area contributed by atoms with Crippen LogP contribution in [0.4, 0.5) is 11.6 Å². The van der Waals surface area contributed by atoms with Gasteiger partial charge in [0, 0.05) is 32.2 Å². The summed E-state index contributed by atoms with van der Waals surface area (Å²) < 4.78 is 5.91. The smallest absolute Gasteiger partial charge is 0.134 e. The minimum Gasteiger partial charge on any atom is -0.384 e. The predicted octanol–water partition coefficient (Wildman–Crippen LogP) is 2.26. The zero-order chi connectivity index (χ0) is 14.5. The first kappa shape index (κ1) is 15.0. The zero-order valence-electron chi connectivity index (χ0n) is 12.8. The lowest BCUT2D eigenvalue weighted by atomic mass is 10.1. The maximum Gasteiger partial charge on any atom is 0.134 e. The van der Waals surface area contributed by atoms with E-state index < -0.39 is 0 Å². The number of hydrogen-bond acceptors (Lipinski definition) is 5. The molecule has 2 N–H and O–H groups in total. The number of ether oxygens (including phenoxy) is 1. The first-order chi connectivity index (χ1) is 9.58. The molecule has 2 rings (SSSR count). The molecule has 112 valence electrons. The number of aromatic nitrogens is 2. The molecule has 2 heterocycles. The molecule has 0 unspecified atom stereocenters. The lowest BCUT2D eigenvalue weighted by molar-refractivity contribution is 0.0214. The summed E-state index contributed by atoms with van der Waals surface area (Å²) in [5, 5.41) is 0. The lowest BCUT2D eigenvalue weighted by Crippen LogP contribution is -2.38. The maximum absolute atomic E-state index is 5.91. The van der Waals surface area contributed by atoms with Crippen LogP contribution in [0.5, 0.6) is 0 Å². The average Bonchev–Trinajstić information content (AvgIpc) is 2.45. The topological polar surface area (TPSA) is 64.3 Å². The fourth-order valence-corrected chi connectivity index (χ4v) is 2.40. The van der Waals surface area contributed by atoms with Crippen LogP contribution in [-0.2, 0) is 11.2 Å². The molecule has 0 radical (unpaired) electrons. The van der Waals surface area contributed by atoms with Gasteiger partial charge < -0.3 is 15.4 Å². The molecule has 1 aromatic heterocycles. The fraction of sp³-hybridized carbons (Fsp3) is 0.733. The summed E-state index contributed by atoms with van der Waals surface area (Å²) in [4.78, 5) is 11.1. The van der Waals surface area contributed by atoms with E-state index in [9.17, 15) is 0 Å². The number of aryl methyl sites for hydroxylation is 1. The van der Waals surface area contributed by atoms with Crippen molar-refractivity contribution in [3.05, 3.63) is 11.9 Å². The fourth-order valence-electron chi connectivity index (χ4n) is 2.40. The molecule has 0 aliphatic carbocycles. The molecular formula is C15H26N4O. The molecule has 1 fully saturated rings. The third-order valence-electron chi connectivity index (χ3n) is 3.53. The van der Waals surface area contributed by atoms with Gasteiger partial charge in [-0.2, -0.15) is 0 Å². The van der Waals surface area contributed by atoms with Crippen LogP contribution in [-0.4, -0.2) is 35.8 Å². The molecular weight excluding hydrogens is 252 g/mol. The Hall–Kier alpha value is -1.36. The van der Waals surface area contributed by atoms with Crippen molar-refractivity contribution in [2.24, 2.45) is 5.92 Å². The summed E-state index contributed by atoms with van der Waals surface area (Å²) in [6, 6.07) is 1.87. The first-order valence-corrected chi connectivity index (χ1v) is 7.58. The number of piperidine rings is 1. The summed E-state index contributed by atoms with van der Waals surface area (Å²) in [6.07, 6.45) is 3.31. The van der Waals surface area contributed by atoms with Crippen LogP contribution in [0.25, 0.3) is 0 Å². The second-order valence-corrected chi connectivity index (χ2v) is 5.83. The van der Waals surface area contributed by atoms with Crippen LogP contribution in [0, 0.1) is 5.92 Å². The molecule has 5 heteroatoms. The van der Waals surface area contributed by atoms with E-state index in [1.807, 2.05) is 13.0 Å². The van der Waals surface area contributed by atoms with E-state index in [1.165, 1.54) is 0 Å². The average molecular weight is 278 g/mol. The van der Waals surface area contributed by atoms with Gasteiger partial charge in [-0.25, -0.2) is 9.97 Å². The Labute approximate surface area is 121 Å². The highest BCUT2D eigenvalue weighted by Crippen LogP contribution is 2.21. The normalized spacial score (nSPS) is 16.9. The van der Waals surface area contributed by atoms with Crippen LogP contribution < -0.4 is 10.6 Å². The molecule has 0 saturated carbocycles. The molecule has 1 aliphatic heterocycles. The minimum absolute atomic E-state index is 0.387. The summed E-state index contributed by atoms with van der Waals surface area (Å²) in [6.45, 7) is 9.22. The summed E-state index contributed by atoms with van der Waals surface area (Å²) in [5.41, 5.74) is 5.85. The van der Waals surface area contributed by atoms with Crippen molar-refractivity contribution in [3.63, 3.8) is 0 Å². The third kappa shape index (κ3) is 4.07. The van der Waals surface area contributed by atoms with Gasteiger partial charge in [0.15, 0.2) is 0 Å². The summed E-state index contributed by atoms with van der Waals surface area (Å²) >= 11 is 0. The van der Waals surface area contributed by atoms with Crippen molar-refractivity contribution in [3.8, 4) is 0 Å². The van der Waals surface area contributed by atoms with E-state index >= 15 is 0 Å². The standard InChI is InChI=1S/C15H26N4O/c1-4-14-17-13(16)9-15(18-14)19-7-5-12(6-8-19)20-10-11(2)3/h9,11-12H,4-8,10H2,1-3H3,(H2,16,17,18). The van der Waals surface area contributed by atoms with Gasteiger partial charge >= 0.3 is 0 Å². The Bertz CT molecular complexity index is 428. The van der Waals surface area contributed by atoms with Crippen molar-refractivity contribution in [2.45, 2.75) is 46.1 Å². The van der Waals surface area contributed by atoms with Crippen molar-refractivity contribution >= 4 is 11.6 Å². The van der Waals surface area contributed by atoms with Gasteiger partial charge in [0.05, 0.1) is 6.10 Å². The van der Waals surface area contributed by atoms with Gasteiger partial charge in [0.2, 0.25) is 0 Å². The van der Waals surface area contributed by atoms with E-state index in [0.717, 1.165) is 50.6 Å². The van der Waals surface area contributed by atoms with Crippen LogP contribution in [0.15, 0.2) is 6.07 Å². The molecule has 0 spiro atoms. The quantitative estimate of drug-likeness (QED) is 0.895. The highest BCUT2D eigenvalue weighted by Gasteiger charge is 2.21. The van der Waals surface area contributed by atoms with Gasteiger partial charge in [-0.05, 0) is 18.8 Å². The van der Waals surface area contributed by atoms with Gasteiger partial charge in [-0.15, -0.1) is 0 Å². The van der Waals surface area contributed by atoms with Crippen molar-refractivity contribution < 1.29 is 4.74 Å². The van der Waals surface area contributed by atoms with Gasteiger partial charge in [-0.3, -0.25) is 0 Å². The molecule has 1 aliphatic rings. The highest BCUT2D eigenvalue weighted by molar-refractivity contribution is 5.47. The van der Waals surface area contributed by atoms with E-state index in [-0.39, 0.29) is 0 Å². The van der Waals surface area contributed by atoms with E-state index in [2.05, 4.69) is 28.7 Å². The number of nitrogens with zero attached hydrogens (tertiary/aromatic N) is 3. The second kappa shape index (κ2) is 6.88. The third-order valence-corrected chi connectivity index (χ3v) is 3.53. The SMILES string of the molecule is CCc1nc(N)cc(N2CCC(OCC(C)C)CC2)n1. The number of hydrogen-bond donors (Lipinski definition) is 1. The Morgan fingerprint density at radius 2 is 2.05 bits per heavy atom. The molecule has 0 aromatic carbocycles. The molecule has 5 nitrogen and oxygen atoms in total. The Morgan fingerprint density at radius 1 is 1.35 bits per heavy atom. The van der Waals surface area contributed by atoms with E-state index in [0.29, 0.717) is 17.8 Å². The van der Waals surface area contributed by atoms with Crippen LogP contribution in [0.1, 0.15) is 39.4 Å². The first-order valence-electron chi connectivity index (χ1n) is 7.58. The lowest BCUT2D eigenvalue weighted by Gasteiger charge is -2.33. The molecule has 1 saturated heterocycles. The Balaban J connectivity index is 1.91. The van der Waals surface area contributed by atoms with Crippen LogP contribution in [0.2, 0.25) is 0 Å².